The Labute approximate surface area is 86.0 Å². The van der Waals surface area contributed by atoms with E-state index in [0.717, 1.165) is 18.6 Å². The van der Waals surface area contributed by atoms with Crippen LogP contribution in [-0.4, -0.2) is 11.8 Å². The Kier molecular flexibility index (Phi) is 2.86. The Morgan fingerprint density at radius 2 is 2.31 bits per heavy atom. The minimum absolute atomic E-state index is 0.0886. The summed E-state index contributed by atoms with van der Waals surface area (Å²) in [6.07, 6.45) is 1.88. The van der Waals surface area contributed by atoms with Gasteiger partial charge in [0.15, 0.2) is 0 Å². The van der Waals surface area contributed by atoms with E-state index in [4.69, 9.17) is 9.47 Å². The van der Waals surface area contributed by atoms with E-state index in [9.17, 15) is 0 Å². The molecule has 1 atom stereocenters. The van der Waals surface area contributed by atoms with Crippen molar-refractivity contribution in [2.45, 2.75) is 19.1 Å². The van der Waals surface area contributed by atoms with Gasteiger partial charge in [-0.05, 0) is 18.1 Å². The quantitative estimate of drug-likeness (QED) is 0.743. The van der Waals surface area contributed by atoms with Gasteiger partial charge in [-0.15, -0.1) is 0 Å². The van der Waals surface area contributed by atoms with E-state index < -0.39 is 0 Å². The third-order valence-electron chi connectivity index (χ3n) is 2.13. The van der Waals surface area contributed by atoms with Gasteiger partial charge >= 0.3 is 0 Å². The number of fused-ring (bicyclic) bond motifs is 1. The van der Waals surface area contributed by atoms with Crippen LogP contribution in [0.5, 0.6) is 5.75 Å². The van der Waals surface area contributed by atoms with Crippen LogP contribution in [0.3, 0.4) is 0 Å². The summed E-state index contributed by atoms with van der Waals surface area (Å²) in [5, 5.41) is 0. The number of halogens is 1. The van der Waals surface area contributed by atoms with E-state index in [1.165, 1.54) is 5.56 Å². The monoisotopic (exact) mass is 242 g/mol. The molecule has 0 radical (unpaired) electrons. The van der Waals surface area contributed by atoms with Crippen molar-refractivity contribution in [1.29, 1.82) is 0 Å². The second-order valence-corrected chi connectivity index (χ2v) is 3.43. The molecule has 0 amide bonds. The molecule has 0 fully saturated rings. The lowest BCUT2D eigenvalue weighted by Gasteiger charge is -2.25. The zero-order valence-electron chi connectivity index (χ0n) is 7.20. The molecule has 13 heavy (non-hydrogen) atoms. The van der Waals surface area contributed by atoms with E-state index in [-0.39, 0.29) is 6.29 Å². The molecule has 1 aliphatic rings. The molecule has 1 heterocycles. The fourth-order valence-corrected chi connectivity index (χ4v) is 1.78. The van der Waals surface area contributed by atoms with E-state index in [1.807, 2.05) is 18.2 Å². The highest BCUT2D eigenvalue weighted by molar-refractivity contribution is 9.09. The minimum atomic E-state index is -0.0886. The van der Waals surface area contributed by atoms with Gasteiger partial charge in [0, 0.05) is 6.42 Å². The molecule has 0 saturated heterocycles. The molecule has 1 aliphatic heterocycles. The fraction of sp³-hybridized carbons (Fsp3) is 0.400. The summed E-state index contributed by atoms with van der Waals surface area (Å²) in [6.45, 7) is 0. The number of ether oxygens (including phenoxy) is 2. The summed E-state index contributed by atoms with van der Waals surface area (Å²) in [6, 6.07) is 8.10. The van der Waals surface area contributed by atoms with Gasteiger partial charge in [-0.1, -0.05) is 34.1 Å². The molecule has 1 aromatic carbocycles. The Hall–Kier alpha value is -0.540. The maximum atomic E-state index is 5.62. The molecule has 3 heteroatoms. The zero-order valence-corrected chi connectivity index (χ0v) is 8.79. The molecular weight excluding hydrogens is 232 g/mol. The topological polar surface area (TPSA) is 18.5 Å². The van der Waals surface area contributed by atoms with Gasteiger partial charge in [-0.25, -0.2) is 0 Å². The second kappa shape index (κ2) is 4.11. The molecule has 70 valence electrons. The Bertz CT molecular complexity index is 288. The SMILES string of the molecule is BrCOC1CCc2ccccc2O1. The van der Waals surface area contributed by atoms with Crippen molar-refractivity contribution < 1.29 is 9.47 Å². The third kappa shape index (κ3) is 2.03. The summed E-state index contributed by atoms with van der Waals surface area (Å²) < 4.78 is 11.0. The lowest BCUT2D eigenvalue weighted by Crippen LogP contribution is -2.25. The average molecular weight is 243 g/mol. The molecule has 1 aromatic rings. The highest BCUT2D eigenvalue weighted by Crippen LogP contribution is 2.27. The van der Waals surface area contributed by atoms with Crippen molar-refractivity contribution >= 4 is 15.9 Å². The van der Waals surface area contributed by atoms with Gasteiger partial charge in [0.1, 0.15) is 11.3 Å². The molecule has 0 saturated carbocycles. The highest BCUT2D eigenvalue weighted by Gasteiger charge is 2.18. The zero-order chi connectivity index (χ0) is 9.10. The molecule has 2 nitrogen and oxygen atoms in total. The number of alkyl halides is 1. The van der Waals surface area contributed by atoms with Gasteiger partial charge in [0.05, 0.1) is 0 Å². The van der Waals surface area contributed by atoms with E-state index in [1.54, 1.807) is 0 Å². The summed E-state index contributed by atoms with van der Waals surface area (Å²) in [5.74, 6) is 0.958. The van der Waals surface area contributed by atoms with Crippen LogP contribution in [0.15, 0.2) is 24.3 Å². The Balaban J connectivity index is 2.11. The molecule has 0 aliphatic carbocycles. The van der Waals surface area contributed by atoms with Gasteiger partial charge in [-0.2, -0.15) is 0 Å². The molecule has 1 unspecified atom stereocenters. The highest BCUT2D eigenvalue weighted by atomic mass is 79.9. The van der Waals surface area contributed by atoms with E-state index >= 15 is 0 Å². The summed E-state index contributed by atoms with van der Waals surface area (Å²) in [4.78, 5) is 0. The van der Waals surface area contributed by atoms with Gasteiger partial charge in [0.2, 0.25) is 6.29 Å². The van der Waals surface area contributed by atoms with Crippen molar-refractivity contribution in [1.82, 2.24) is 0 Å². The number of aryl methyl sites for hydroxylation is 1. The van der Waals surface area contributed by atoms with E-state index in [0.29, 0.717) is 5.52 Å². The second-order valence-electron chi connectivity index (χ2n) is 2.97. The van der Waals surface area contributed by atoms with Crippen LogP contribution in [0.25, 0.3) is 0 Å². The smallest absolute Gasteiger partial charge is 0.201 e. The first-order chi connectivity index (χ1) is 6.40. The maximum absolute atomic E-state index is 5.62. The van der Waals surface area contributed by atoms with Crippen LogP contribution in [0.1, 0.15) is 12.0 Å². The molecule has 0 aromatic heterocycles. The Morgan fingerprint density at radius 3 is 3.15 bits per heavy atom. The average Bonchev–Trinajstić information content (AvgIpc) is 2.18. The van der Waals surface area contributed by atoms with Crippen LogP contribution >= 0.6 is 15.9 Å². The van der Waals surface area contributed by atoms with Gasteiger partial charge < -0.3 is 9.47 Å². The largest absolute Gasteiger partial charge is 0.465 e. The number of benzene rings is 1. The normalized spacial score (nSPS) is 20.5. The number of hydrogen-bond donors (Lipinski definition) is 0. The minimum Gasteiger partial charge on any atom is -0.465 e. The van der Waals surface area contributed by atoms with Gasteiger partial charge in [0.25, 0.3) is 0 Å². The first-order valence-corrected chi connectivity index (χ1v) is 5.44. The van der Waals surface area contributed by atoms with E-state index in [2.05, 4.69) is 22.0 Å². The molecule has 0 bridgehead atoms. The van der Waals surface area contributed by atoms with Crippen LogP contribution in [0.4, 0.5) is 0 Å². The first kappa shape index (κ1) is 9.03. The van der Waals surface area contributed by atoms with Crippen molar-refractivity contribution in [3.05, 3.63) is 29.8 Å². The molecule has 0 spiro atoms. The molecule has 0 N–H and O–H groups in total. The molecular formula is C10H11BrO2. The number of rotatable bonds is 2. The van der Waals surface area contributed by atoms with Crippen LogP contribution in [0, 0.1) is 0 Å². The standard InChI is InChI=1S/C10H11BrO2/c11-7-12-10-6-5-8-3-1-2-4-9(8)13-10/h1-4,10H,5-7H2. The number of para-hydroxylation sites is 1. The Morgan fingerprint density at radius 1 is 1.46 bits per heavy atom. The summed E-state index contributed by atoms with van der Waals surface area (Å²) in [7, 11) is 0. The van der Waals surface area contributed by atoms with Crippen molar-refractivity contribution in [3.63, 3.8) is 0 Å². The van der Waals surface area contributed by atoms with Crippen LogP contribution < -0.4 is 4.74 Å². The lowest BCUT2D eigenvalue weighted by atomic mass is 10.1. The number of hydrogen-bond acceptors (Lipinski definition) is 2. The summed E-state index contributed by atoms with van der Waals surface area (Å²) >= 11 is 3.22. The maximum Gasteiger partial charge on any atom is 0.201 e. The fourth-order valence-electron chi connectivity index (χ4n) is 1.49. The first-order valence-electron chi connectivity index (χ1n) is 4.32. The lowest BCUT2D eigenvalue weighted by molar-refractivity contribution is -0.0706. The molecule has 2 rings (SSSR count). The van der Waals surface area contributed by atoms with Crippen molar-refractivity contribution in [2.24, 2.45) is 0 Å². The van der Waals surface area contributed by atoms with Crippen molar-refractivity contribution in [3.8, 4) is 5.75 Å². The predicted molar refractivity (Wildman–Crippen MR) is 54.1 cm³/mol. The predicted octanol–water partition coefficient (Wildman–Crippen LogP) is 2.71. The van der Waals surface area contributed by atoms with Gasteiger partial charge in [-0.3, -0.25) is 0 Å². The van der Waals surface area contributed by atoms with Crippen molar-refractivity contribution in [2.75, 3.05) is 5.52 Å². The summed E-state index contributed by atoms with van der Waals surface area (Å²) in [5.41, 5.74) is 1.80. The third-order valence-corrected chi connectivity index (χ3v) is 2.39. The van der Waals surface area contributed by atoms with Crippen LogP contribution in [0.2, 0.25) is 0 Å². The van der Waals surface area contributed by atoms with Crippen LogP contribution in [-0.2, 0) is 11.2 Å².